The Morgan fingerprint density at radius 1 is 1.35 bits per heavy atom. The van der Waals surface area contributed by atoms with Gasteiger partial charge in [-0.2, -0.15) is 5.10 Å². The minimum absolute atomic E-state index is 0.439. The number of nitrogens with zero attached hydrogens (tertiary/aromatic N) is 1. The van der Waals surface area contributed by atoms with E-state index in [1.165, 1.54) is 0 Å². The van der Waals surface area contributed by atoms with Crippen molar-refractivity contribution in [1.82, 2.24) is 15.2 Å². The number of rotatable bonds is 3. The van der Waals surface area contributed by atoms with Gasteiger partial charge in [0, 0.05) is 11.9 Å². The molecule has 3 rings (SSSR count). The van der Waals surface area contributed by atoms with Crippen LogP contribution >= 0.6 is 0 Å². The van der Waals surface area contributed by atoms with Gasteiger partial charge in [-0.25, -0.2) is 4.79 Å². The van der Waals surface area contributed by atoms with Crippen LogP contribution in [0.3, 0.4) is 0 Å². The van der Waals surface area contributed by atoms with E-state index in [1.54, 1.807) is 12.3 Å². The number of oxazole rings is 1. The van der Waals surface area contributed by atoms with Crippen LogP contribution in [-0.2, 0) is 6.54 Å². The molecule has 0 aliphatic rings. The van der Waals surface area contributed by atoms with Crippen molar-refractivity contribution in [2.75, 3.05) is 5.32 Å². The standard InChI is InChI=1S/C11H10N4O2/c16-11-14-9-5-7(1-2-10(9)17-11)12-6-8-3-4-13-15-8/h1-5,12H,6H2,(H,13,15)(H,14,16). The van der Waals surface area contributed by atoms with E-state index in [2.05, 4.69) is 20.5 Å². The van der Waals surface area contributed by atoms with E-state index in [-0.39, 0.29) is 0 Å². The van der Waals surface area contributed by atoms with Gasteiger partial charge < -0.3 is 9.73 Å². The fraction of sp³-hybridized carbons (Fsp3) is 0.0909. The van der Waals surface area contributed by atoms with Crippen molar-refractivity contribution in [3.05, 3.63) is 46.7 Å². The first-order chi connectivity index (χ1) is 8.31. The number of aromatic nitrogens is 3. The summed E-state index contributed by atoms with van der Waals surface area (Å²) in [6, 6.07) is 7.33. The van der Waals surface area contributed by atoms with Gasteiger partial charge in [-0.1, -0.05) is 0 Å². The minimum atomic E-state index is -0.439. The maximum absolute atomic E-state index is 11.0. The van der Waals surface area contributed by atoms with Crippen LogP contribution in [0, 0.1) is 0 Å². The third-order valence-corrected chi connectivity index (χ3v) is 2.46. The second kappa shape index (κ2) is 3.82. The normalized spacial score (nSPS) is 10.8. The quantitative estimate of drug-likeness (QED) is 0.635. The van der Waals surface area contributed by atoms with E-state index in [9.17, 15) is 4.79 Å². The van der Waals surface area contributed by atoms with Crippen LogP contribution in [0.4, 0.5) is 5.69 Å². The highest BCUT2D eigenvalue weighted by Crippen LogP contribution is 2.16. The number of H-pyrrole nitrogens is 2. The molecule has 1 aromatic carbocycles. The molecular formula is C11H10N4O2. The fourth-order valence-electron chi connectivity index (χ4n) is 1.64. The average Bonchev–Trinajstić information content (AvgIpc) is 2.92. The molecule has 0 saturated heterocycles. The smallest absolute Gasteiger partial charge is 0.408 e. The number of fused-ring (bicyclic) bond motifs is 1. The monoisotopic (exact) mass is 230 g/mol. The molecule has 0 unspecified atom stereocenters. The third-order valence-electron chi connectivity index (χ3n) is 2.46. The van der Waals surface area contributed by atoms with Gasteiger partial charge in [0.25, 0.3) is 0 Å². The van der Waals surface area contributed by atoms with E-state index in [1.807, 2.05) is 18.2 Å². The van der Waals surface area contributed by atoms with Crippen molar-refractivity contribution in [1.29, 1.82) is 0 Å². The molecule has 3 aromatic rings. The van der Waals surface area contributed by atoms with Gasteiger partial charge in [-0.15, -0.1) is 0 Å². The summed E-state index contributed by atoms with van der Waals surface area (Å²) in [5, 5.41) is 9.93. The molecule has 0 saturated carbocycles. The molecule has 6 heteroatoms. The lowest BCUT2D eigenvalue weighted by atomic mass is 10.3. The highest BCUT2D eigenvalue weighted by Gasteiger charge is 2.02. The second-order valence-corrected chi connectivity index (χ2v) is 3.66. The van der Waals surface area contributed by atoms with Gasteiger partial charge in [0.1, 0.15) is 0 Å². The summed E-state index contributed by atoms with van der Waals surface area (Å²) in [7, 11) is 0. The van der Waals surface area contributed by atoms with E-state index in [0.717, 1.165) is 11.4 Å². The molecule has 6 nitrogen and oxygen atoms in total. The van der Waals surface area contributed by atoms with Gasteiger partial charge in [0.05, 0.1) is 17.8 Å². The van der Waals surface area contributed by atoms with Crippen molar-refractivity contribution in [2.24, 2.45) is 0 Å². The largest absolute Gasteiger partial charge is 0.417 e. The van der Waals surface area contributed by atoms with Crippen molar-refractivity contribution in [3.63, 3.8) is 0 Å². The van der Waals surface area contributed by atoms with Crippen LogP contribution < -0.4 is 11.1 Å². The van der Waals surface area contributed by atoms with Crippen LogP contribution in [0.25, 0.3) is 11.1 Å². The predicted molar refractivity (Wildman–Crippen MR) is 62.7 cm³/mol. The number of benzene rings is 1. The topological polar surface area (TPSA) is 86.7 Å². The molecule has 2 aromatic heterocycles. The maximum Gasteiger partial charge on any atom is 0.417 e. The van der Waals surface area contributed by atoms with Gasteiger partial charge >= 0.3 is 5.76 Å². The first-order valence-corrected chi connectivity index (χ1v) is 5.16. The molecule has 0 amide bonds. The van der Waals surface area contributed by atoms with Crippen molar-refractivity contribution < 1.29 is 4.42 Å². The highest BCUT2D eigenvalue weighted by molar-refractivity contribution is 5.76. The number of aromatic amines is 2. The molecular weight excluding hydrogens is 220 g/mol. The highest BCUT2D eigenvalue weighted by atomic mass is 16.4. The van der Waals surface area contributed by atoms with Gasteiger partial charge in [-0.05, 0) is 24.3 Å². The average molecular weight is 230 g/mol. The van der Waals surface area contributed by atoms with E-state index in [0.29, 0.717) is 17.6 Å². The summed E-state index contributed by atoms with van der Waals surface area (Å²) in [5.41, 5.74) is 3.14. The van der Waals surface area contributed by atoms with Crippen LogP contribution in [-0.4, -0.2) is 15.2 Å². The number of hydrogen-bond acceptors (Lipinski definition) is 4. The Morgan fingerprint density at radius 3 is 3.12 bits per heavy atom. The first kappa shape index (κ1) is 9.71. The van der Waals surface area contributed by atoms with Crippen molar-refractivity contribution in [3.8, 4) is 0 Å². The van der Waals surface area contributed by atoms with Crippen molar-refractivity contribution >= 4 is 16.8 Å². The SMILES string of the molecule is O=c1[nH]c2cc(NCc3ccn[nH]3)ccc2o1. The first-order valence-electron chi connectivity index (χ1n) is 5.16. The van der Waals surface area contributed by atoms with E-state index < -0.39 is 5.76 Å². The number of anilines is 1. The number of nitrogens with one attached hydrogen (secondary N) is 3. The summed E-state index contributed by atoms with van der Waals surface area (Å²) < 4.78 is 4.92. The molecule has 86 valence electrons. The zero-order valence-electron chi connectivity index (χ0n) is 8.86. The summed E-state index contributed by atoms with van der Waals surface area (Å²) >= 11 is 0. The van der Waals surface area contributed by atoms with Crippen molar-refractivity contribution in [2.45, 2.75) is 6.54 Å². The Kier molecular flexibility index (Phi) is 2.18. The molecule has 17 heavy (non-hydrogen) atoms. The third kappa shape index (κ3) is 1.92. The van der Waals surface area contributed by atoms with Gasteiger partial charge in [0.15, 0.2) is 5.58 Å². The Morgan fingerprint density at radius 2 is 2.29 bits per heavy atom. The molecule has 0 fully saturated rings. The molecule has 0 atom stereocenters. The molecule has 0 bridgehead atoms. The fourth-order valence-corrected chi connectivity index (χ4v) is 1.64. The maximum atomic E-state index is 11.0. The Hall–Kier alpha value is -2.50. The molecule has 2 heterocycles. The van der Waals surface area contributed by atoms with Gasteiger partial charge in [-0.3, -0.25) is 10.1 Å². The van der Waals surface area contributed by atoms with Gasteiger partial charge in [0.2, 0.25) is 0 Å². The zero-order chi connectivity index (χ0) is 11.7. The van der Waals surface area contributed by atoms with E-state index in [4.69, 9.17) is 4.42 Å². The molecule has 0 aliphatic heterocycles. The molecule has 0 radical (unpaired) electrons. The number of hydrogen-bond donors (Lipinski definition) is 3. The zero-order valence-corrected chi connectivity index (χ0v) is 8.86. The van der Waals surface area contributed by atoms with Crippen LogP contribution in [0.2, 0.25) is 0 Å². The lowest BCUT2D eigenvalue weighted by molar-refractivity contribution is 0.555. The Balaban J connectivity index is 1.83. The lowest BCUT2D eigenvalue weighted by Crippen LogP contribution is -1.99. The summed E-state index contributed by atoms with van der Waals surface area (Å²) in [4.78, 5) is 13.6. The molecule has 3 N–H and O–H groups in total. The second-order valence-electron chi connectivity index (χ2n) is 3.66. The summed E-state index contributed by atoms with van der Waals surface area (Å²) in [5.74, 6) is -0.439. The van der Waals surface area contributed by atoms with Crippen LogP contribution in [0.15, 0.2) is 39.7 Å². The van der Waals surface area contributed by atoms with E-state index >= 15 is 0 Å². The Labute approximate surface area is 95.7 Å². The predicted octanol–water partition coefficient (Wildman–Crippen LogP) is 1.46. The minimum Gasteiger partial charge on any atom is -0.408 e. The Bertz CT molecular complexity index is 681. The van der Waals surface area contributed by atoms with Crippen LogP contribution in [0.5, 0.6) is 0 Å². The summed E-state index contributed by atoms with van der Waals surface area (Å²) in [6.07, 6.45) is 1.70. The summed E-state index contributed by atoms with van der Waals surface area (Å²) in [6.45, 7) is 0.646. The molecule has 0 spiro atoms. The molecule has 0 aliphatic carbocycles. The lowest BCUT2D eigenvalue weighted by Gasteiger charge is -2.03. The van der Waals surface area contributed by atoms with Crippen LogP contribution in [0.1, 0.15) is 5.69 Å².